The molecule has 0 aliphatic carbocycles. The van der Waals surface area contributed by atoms with Gasteiger partial charge in [0.2, 0.25) is 0 Å². The molecule has 2 aliphatic rings. The Morgan fingerprint density at radius 2 is 1.45 bits per heavy atom. The molecule has 2 atom stereocenters. The van der Waals surface area contributed by atoms with Crippen LogP contribution in [0.4, 0.5) is 0 Å². The van der Waals surface area contributed by atoms with Crippen LogP contribution in [0.25, 0.3) is 0 Å². The monoisotopic (exact) mass is 154 g/mol. The molecule has 0 aromatic rings. The van der Waals surface area contributed by atoms with E-state index in [-0.39, 0.29) is 0 Å². The molecule has 2 heteroatoms. The average molecular weight is 154 g/mol. The summed E-state index contributed by atoms with van der Waals surface area (Å²) >= 11 is 0. The molecule has 0 saturated carbocycles. The lowest BCUT2D eigenvalue weighted by atomic mass is 10.0. The number of rotatable bonds is 2. The van der Waals surface area contributed by atoms with Crippen LogP contribution in [-0.4, -0.2) is 25.2 Å². The topological polar surface area (TPSA) is 24.1 Å². The van der Waals surface area contributed by atoms with Crippen LogP contribution in [0.3, 0.4) is 0 Å². The molecule has 11 heavy (non-hydrogen) atoms. The summed E-state index contributed by atoms with van der Waals surface area (Å²) in [4.78, 5) is 0. The zero-order valence-electron chi connectivity index (χ0n) is 7.10. The second kappa shape index (κ2) is 3.55. The summed E-state index contributed by atoms with van der Waals surface area (Å²) in [5, 5.41) is 7.09. The van der Waals surface area contributed by atoms with E-state index >= 15 is 0 Å². The molecule has 0 amide bonds. The number of nitrogens with one attached hydrogen (secondary N) is 2. The summed E-state index contributed by atoms with van der Waals surface area (Å²) in [6, 6.07) is 1.65. The van der Waals surface area contributed by atoms with Gasteiger partial charge in [0, 0.05) is 12.1 Å². The molecule has 2 nitrogen and oxygen atoms in total. The van der Waals surface area contributed by atoms with Crippen molar-refractivity contribution in [3.05, 3.63) is 0 Å². The minimum Gasteiger partial charge on any atom is -0.314 e. The molecular weight excluding hydrogens is 136 g/mol. The smallest absolute Gasteiger partial charge is 0.00823 e. The Labute approximate surface area is 68.7 Å². The van der Waals surface area contributed by atoms with Crippen LogP contribution in [0, 0.1) is 0 Å². The van der Waals surface area contributed by atoms with Crippen molar-refractivity contribution in [1.82, 2.24) is 10.6 Å². The van der Waals surface area contributed by atoms with Crippen molar-refractivity contribution in [2.75, 3.05) is 13.1 Å². The molecule has 0 spiro atoms. The van der Waals surface area contributed by atoms with Gasteiger partial charge in [-0.05, 0) is 45.2 Å². The highest BCUT2D eigenvalue weighted by Crippen LogP contribution is 2.16. The van der Waals surface area contributed by atoms with Crippen LogP contribution < -0.4 is 10.6 Å². The lowest BCUT2D eigenvalue weighted by Crippen LogP contribution is -2.31. The van der Waals surface area contributed by atoms with Gasteiger partial charge in [-0.3, -0.25) is 0 Å². The second-order valence-corrected chi connectivity index (χ2v) is 3.82. The number of hydrogen-bond acceptors (Lipinski definition) is 2. The second-order valence-electron chi connectivity index (χ2n) is 3.82. The summed E-state index contributed by atoms with van der Waals surface area (Å²) in [6.07, 6.45) is 6.94. The molecule has 2 fully saturated rings. The lowest BCUT2D eigenvalue weighted by molar-refractivity contribution is 0.460. The molecule has 2 saturated heterocycles. The predicted molar refractivity (Wildman–Crippen MR) is 46.7 cm³/mol. The highest BCUT2D eigenvalue weighted by Gasteiger charge is 2.21. The fourth-order valence-electron chi connectivity index (χ4n) is 2.26. The Balaban J connectivity index is 1.71. The fraction of sp³-hybridized carbons (Fsp3) is 1.00. The normalized spacial score (nSPS) is 38.2. The standard InChI is InChI=1S/C9H18N2/c1-3-8(10-5-1)7-9-4-2-6-11-9/h8-11H,1-7H2. The van der Waals surface area contributed by atoms with Crippen LogP contribution >= 0.6 is 0 Å². The van der Waals surface area contributed by atoms with Crippen molar-refractivity contribution in [2.45, 2.75) is 44.2 Å². The third kappa shape index (κ3) is 1.94. The Morgan fingerprint density at radius 1 is 0.909 bits per heavy atom. The molecule has 0 aromatic carbocycles. The van der Waals surface area contributed by atoms with Crippen LogP contribution in [0.5, 0.6) is 0 Å². The summed E-state index contributed by atoms with van der Waals surface area (Å²) in [6.45, 7) is 2.49. The summed E-state index contributed by atoms with van der Waals surface area (Å²) < 4.78 is 0. The fourth-order valence-corrected chi connectivity index (χ4v) is 2.26. The van der Waals surface area contributed by atoms with E-state index in [1.807, 2.05) is 0 Å². The maximum atomic E-state index is 3.54. The van der Waals surface area contributed by atoms with Gasteiger partial charge in [-0.1, -0.05) is 0 Å². The minimum absolute atomic E-state index is 0.825. The first-order valence-corrected chi connectivity index (χ1v) is 4.92. The van der Waals surface area contributed by atoms with Crippen LogP contribution in [0.2, 0.25) is 0 Å². The van der Waals surface area contributed by atoms with Crippen molar-refractivity contribution in [3.8, 4) is 0 Å². The van der Waals surface area contributed by atoms with Crippen molar-refractivity contribution < 1.29 is 0 Å². The molecule has 64 valence electrons. The predicted octanol–water partition coefficient (Wildman–Crippen LogP) is 0.881. The van der Waals surface area contributed by atoms with Gasteiger partial charge in [0.15, 0.2) is 0 Å². The average Bonchev–Trinajstić information content (AvgIpc) is 2.60. The van der Waals surface area contributed by atoms with E-state index in [1.54, 1.807) is 0 Å². The molecular formula is C9H18N2. The van der Waals surface area contributed by atoms with Crippen molar-refractivity contribution in [3.63, 3.8) is 0 Å². The van der Waals surface area contributed by atoms with E-state index < -0.39 is 0 Å². The van der Waals surface area contributed by atoms with Crippen molar-refractivity contribution in [2.24, 2.45) is 0 Å². The van der Waals surface area contributed by atoms with Crippen molar-refractivity contribution >= 4 is 0 Å². The van der Waals surface area contributed by atoms with E-state index in [0.717, 1.165) is 12.1 Å². The SMILES string of the molecule is C1CNC(CC2CCCN2)C1. The molecule has 2 N–H and O–H groups in total. The van der Waals surface area contributed by atoms with Gasteiger partial charge < -0.3 is 10.6 Å². The van der Waals surface area contributed by atoms with Gasteiger partial charge in [-0.15, -0.1) is 0 Å². The highest BCUT2D eigenvalue weighted by molar-refractivity contribution is 4.83. The van der Waals surface area contributed by atoms with Gasteiger partial charge >= 0.3 is 0 Å². The molecule has 0 radical (unpaired) electrons. The zero-order chi connectivity index (χ0) is 7.52. The molecule has 2 rings (SSSR count). The maximum Gasteiger partial charge on any atom is 0.00823 e. The third-order valence-electron chi connectivity index (χ3n) is 2.89. The first-order chi connectivity index (χ1) is 5.45. The highest BCUT2D eigenvalue weighted by atomic mass is 15.0. The molecule has 0 aromatic heterocycles. The van der Waals surface area contributed by atoms with Crippen LogP contribution in [0.15, 0.2) is 0 Å². The lowest BCUT2D eigenvalue weighted by Gasteiger charge is -2.15. The summed E-state index contributed by atoms with van der Waals surface area (Å²) in [7, 11) is 0. The molecule has 2 heterocycles. The summed E-state index contributed by atoms with van der Waals surface area (Å²) in [5.74, 6) is 0. The van der Waals surface area contributed by atoms with Crippen LogP contribution in [-0.2, 0) is 0 Å². The van der Waals surface area contributed by atoms with Gasteiger partial charge in [-0.2, -0.15) is 0 Å². The van der Waals surface area contributed by atoms with E-state index in [0.29, 0.717) is 0 Å². The van der Waals surface area contributed by atoms with E-state index in [1.165, 1.54) is 45.2 Å². The molecule has 2 unspecified atom stereocenters. The minimum atomic E-state index is 0.825. The van der Waals surface area contributed by atoms with E-state index in [9.17, 15) is 0 Å². The largest absolute Gasteiger partial charge is 0.314 e. The number of hydrogen-bond donors (Lipinski definition) is 2. The van der Waals surface area contributed by atoms with Gasteiger partial charge in [0.25, 0.3) is 0 Å². The first kappa shape index (κ1) is 7.56. The third-order valence-corrected chi connectivity index (χ3v) is 2.89. The van der Waals surface area contributed by atoms with Gasteiger partial charge in [0.1, 0.15) is 0 Å². The molecule has 0 bridgehead atoms. The van der Waals surface area contributed by atoms with Crippen LogP contribution in [0.1, 0.15) is 32.1 Å². The Hall–Kier alpha value is -0.0800. The van der Waals surface area contributed by atoms with Crippen molar-refractivity contribution in [1.29, 1.82) is 0 Å². The van der Waals surface area contributed by atoms with E-state index in [2.05, 4.69) is 10.6 Å². The van der Waals surface area contributed by atoms with E-state index in [4.69, 9.17) is 0 Å². The van der Waals surface area contributed by atoms with Gasteiger partial charge in [-0.25, -0.2) is 0 Å². The Bertz CT molecular complexity index is 98.7. The zero-order valence-corrected chi connectivity index (χ0v) is 7.10. The summed E-state index contributed by atoms with van der Waals surface area (Å²) in [5.41, 5.74) is 0. The maximum absolute atomic E-state index is 3.54. The molecule has 2 aliphatic heterocycles. The van der Waals surface area contributed by atoms with Gasteiger partial charge in [0.05, 0.1) is 0 Å². The Morgan fingerprint density at radius 3 is 1.82 bits per heavy atom. The Kier molecular flexibility index (Phi) is 2.44. The quantitative estimate of drug-likeness (QED) is 0.617. The first-order valence-electron chi connectivity index (χ1n) is 4.92.